The summed E-state index contributed by atoms with van der Waals surface area (Å²) in [5.41, 5.74) is 0.898. The van der Waals surface area contributed by atoms with Crippen LogP contribution in [0.2, 0.25) is 0 Å². The zero-order chi connectivity index (χ0) is 10.3. The Morgan fingerprint density at radius 3 is 2.77 bits per heavy atom. The van der Waals surface area contributed by atoms with Gasteiger partial charge >= 0.3 is 5.97 Å². The zero-order valence-corrected chi connectivity index (χ0v) is 8.21. The molecule has 0 aliphatic heterocycles. The van der Waals surface area contributed by atoms with Crippen LogP contribution in [0.1, 0.15) is 20.3 Å². The molecule has 3 nitrogen and oxygen atoms in total. The topological polar surface area (TPSA) is 49.3 Å². The van der Waals surface area contributed by atoms with E-state index in [2.05, 4.69) is 11.9 Å². The van der Waals surface area contributed by atoms with Gasteiger partial charge in [-0.2, -0.15) is 0 Å². The summed E-state index contributed by atoms with van der Waals surface area (Å²) in [5, 5.41) is 11.4. The molecule has 0 aliphatic carbocycles. The van der Waals surface area contributed by atoms with E-state index in [1.807, 2.05) is 19.1 Å². The van der Waals surface area contributed by atoms with E-state index < -0.39 is 12.0 Å². The normalized spacial score (nSPS) is 13.1. The third kappa shape index (κ3) is 6.11. The van der Waals surface area contributed by atoms with Gasteiger partial charge in [-0.15, -0.1) is 0 Å². The number of carbonyl (C=O) groups is 1. The van der Waals surface area contributed by atoms with Crippen LogP contribution >= 0.6 is 0 Å². The van der Waals surface area contributed by atoms with Crippen LogP contribution in [-0.2, 0) is 4.79 Å². The highest BCUT2D eigenvalue weighted by molar-refractivity contribution is 5.72. The fourth-order valence-corrected chi connectivity index (χ4v) is 0.715. The van der Waals surface area contributed by atoms with E-state index in [0.717, 1.165) is 12.0 Å². The number of carboxylic acids is 1. The number of rotatable bonds is 6. The molecule has 0 amide bonds. The van der Waals surface area contributed by atoms with Gasteiger partial charge in [0.15, 0.2) is 0 Å². The molecule has 1 atom stereocenters. The second kappa shape index (κ2) is 6.43. The molecule has 0 radical (unpaired) electrons. The fourth-order valence-electron chi connectivity index (χ4n) is 0.715. The molecular weight excluding hydrogens is 166 g/mol. The molecule has 0 aromatic carbocycles. The first kappa shape index (κ1) is 11.9. The predicted molar refractivity (Wildman–Crippen MR) is 53.7 cm³/mol. The average Bonchev–Trinajstić information content (AvgIpc) is 2.10. The fraction of sp³-hybridized carbons (Fsp3) is 0.500. The number of allylic oxidation sites excluding steroid dienone is 1. The van der Waals surface area contributed by atoms with Crippen molar-refractivity contribution in [1.82, 2.24) is 5.32 Å². The second-order valence-electron chi connectivity index (χ2n) is 2.91. The standard InChI is InChI=1S/C10H17NO2/c1-4-5-6-8(2)7-11-9(3)10(12)13/h5-6,9,11H,2,4,7H2,1,3H3,(H,12,13)/b6-5-/t9-/m1/s1. The first-order valence-corrected chi connectivity index (χ1v) is 4.38. The molecule has 0 aromatic rings. The summed E-state index contributed by atoms with van der Waals surface area (Å²) in [6.07, 6.45) is 4.87. The number of carboxylic acid groups (broad SMARTS) is 1. The lowest BCUT2D eigenvalue weighted by Crippen LogP contribution is -2.34. The van der Waals surface area contributed by atoms with Crippen LogP contribution in [0.5, 0.6) is 0 Å². The van der Waals surface area contributed by atoms with Gasteiger partial charge in [0.2, 0.25) is 0 Å². The average molecular weight is 183 g/mol. The molecule has 0 rings (SSSR count). The van der Waals surface area contributed by atoms with Crippen LogP contribution in [0.25, 0.3) is 0 Å². The summed E-state index contributed by atoms with van der Waals surface area (Å²) < 4.78 is 0. The number of hydrogen-bond acceptors (Lipinski definition) is 2. The van der Waals surface area contributed by atoms with Gasteiger partial charge in [-0.3, -0.25) is 4.79 Å². The van der Waals surface area contributed by atoms with Gasteiger partial charge in [0.05, 0.1) is 0 Å². The van der Waals surface area contributed by atoms with Gasteiger partial charge in [0.25, 0.3) is 0 Å². The van der Waals surface area contributed by atoms with Gasteiger partial charge in [0, 0.05) is 6.54 Å². The lowest BCUT2D eigenvalue weighted by Gasteiger charge is -2.08. The Kier molecular flexibility index (Phi) is 5.89. The minimum absolute atomic E-state index is 0.518. The summed E-state index contributed by atoms with van der Waals surface area (Å²) >= 11 is 0. The van der Waals surface area contributed by atoms with Crippen LogP contribution in [0.15, 0.2) is 24.3 Å². The van der Waals surface area contributed by atoms with Crippen molar-refractivity contribution in [3.8, 4) is 0 Å². The third-order valence-electron chi connectivity index (χ3n) is 1.59. The SMILES string of the molecule is C=C(/C=C\CC)CN[C@H](C)C(=O)O. The molecule has 3 heteroatoms. The molecular formula is C10H17NO2. The highest BCUT2D eigenvalue weighted by atomic mass is 16.4. The summed E-state index contributed by atoms with van der Waals surface area (Å²) in [6.45, 7) is 7.95. The van der Waals surface area contributed by atoms with E-state index in [9.17, 15) is 4.79 Å². The largest absolute Gasteiger partial charge is 0.480 e. The molecule has 0 saturated heterocycles. The number of hydrogen-bond donors (Lipinski definition) is 2. The molecule has 0 spiro atoms. The van der Waals surface area contributed by atoms with Gasteiger partial charge in [-0.25, -0.2) is 0 Å². The molecule has 0 bridgehead atoms. The number of nitrogens with one attached hydrogen (secondary N) is 1. The van der Waals surface area contributed by atoms with Crippen molar-refractivity contribution < 1.29 is 9.90 Å². The van der Waals surface area contributed by atoms with Crippen LogP contribution in [0.3, 0.4) is 0 Å². The van der Waals surface area contributed by atoms with Crippen molar-refractivity contribution in [1.29, 1.82) is 0 Å². The highest BCUT2D eigenvalue weighted by Crippen LogP contribution is 1.93. The van der Waals surface area contributed by atoms with Gasteiger partial charge in [0.1, 0.15) is 6.04 Å². The minimum Gasteiger partial charge on any atom is -0.480 e. The van der Waals surface area contributed by atoms with Crippen molar-refractivity contribution >= 4 is 5.97 Å². The minimum atomic E-state index is -0.840. The van der Waals surface area contributed by atoms with E-state index in [0.29, 0.717) is 6.54 Å². The van der Waals surface area contributed by atoms with Crippen LogP contribution in [0.4, 0.5) is 0 Å². The molecule has 2 N–H and O–H groups in total. The van der Waals surface area contributed by atoms with Crippen LogP contribution < -0.4 is 5.32 Å². The Hall–Kier alpha value is -1.09. The molecule has 0 aromatic heterocycles. The molecule has 0 heterocycles. The maximum Gasteiger partial charge on any atom is 0.320 e. The predicted octanol–water partition coefficient (Wildman–Crippen LogP) is 1.57. The van der Waals surface area contributed by atoms with Crippen molar-refractivity contribution in [2.75, 3.05) is 6.54 Å². The van der Waals surface area contributed by atoms with Gasteiger partial charge in [-0.05, 0) is 18.9 Å². The summed E-state index contributed by atoms with van der Waals surface area (Å²) in [5.74, 6) is -0.840. The second-order valence-corrected chi connectivity index (χ2v) is 2.91. The molecule has 74 valence electrons. The Morgan fingerprint density at radius 1 is 1.69 bits per heavy atom. The maximum absolute atomic E-state index is 10.4. The Balaban J connectivity index is 3.70. The van der Waals surface area contributed by atoms with Crippen molar-refractivity contribution in [3.63, 3.8) is 0 Å². The Bertz CT molecular complexity index is 209. The first-order chi connectivity index (χ1) is 6.07. The molecule has 0 aliphatic rings. The van der Waals surface area contributed by atoms with E-state index in [1.54, 1.807) is 6.92 Å². The molecule has 0 saturated carbocycles. The van der Waals surface area contributed by atoms with E-state index in [1.165, 1.54) is 0 Å². The van der Waals surface area contributed by atoms with E-state index in [-0.39, 0.29) is 0 Å². The Labute approximate surface area is 79.2 Å². The number of aliphatic carboxylic acids is 1. The molecule has 13 heavy (non-hydrogen) atoms. The molecule has 0 unspecified atom stereocenters. The van der Waals surface area contributed by atoms with Crippen LogP contribution in [0, 0.1) is 0 Å². The van der Waals surface area contributed by atoms with Gasteiger partial charge in [-0.1, -0.05) is 25.7 Å². The third-order valence-corrected chi connectivity index (χ3v) is 1.59. The monoisotopic (exact) mass is 183 g/mol. The van der Waals surface area contributed by atoms with Gasteiger partial charge < -0.3 is 10.4 Å². The molecule has 0 fully saturated rings. The van der Waals surface area contributed by atoms with Crippen molar-refractivity contribution in [2.24, 2.45) is 0 Å². The summed E-state index contributed by atoms with van der Waals surface area (Å²) in [6, 6.07) is -0.522. The summed E-state index contributed by atoms with van der Waals surface area (Å²) in [7, 11) is 0. The van der Waals surface area contributed by atoms with E-state index in [4.69, 9.17) is 5.11 Å². The van der Waals surface area contributed by atoms with E-state index >= 15 is 0 Å². The first-order valence-electron chi connectivity index (χ1n) is 4.38. The van der Waals surface area contributed by atoms with Crippen LogP contribution in [-0.4, -0.2) is 23.7 Å². The van der Waals surface area contributed by atoms with Crippen molar-refractivity contribution in [3.05, 3.63) is 24.3 Å². The van der Waals surface area contributed by atoms with Crippen molar-refractivity contribution in [2.45, 2.75) is 26.3 Å². The lowest BCUT2D eigenvalue weighted by molar-refractivity contribution is -0.138. The Morgan fingerprint density at radius 2 is 2.31 bits per heavy atom. The smallest absolute Gasteiger partial charge is 0.320 e. The summed E-state index contributed by atoms with van der Waals surface area (Å²) in [4.78, 5) is 10.4. The quantitative estimate of drug-likeness (QED) is 0.614. The lowest BCUT2D eigenvalue weighted by atomic mass is 10.2. The highest BCUT2D eigenvalue weighted by Gasteiger charge is 2.08. The zero-order valence-electron chi connectivity index (χ0n) is 8.21. The maximum atomic E-state index is 10.4.